The van der Waals surface area contributed by atoms with E-state index in [2.05, 4.69) is 10.4 Å². The Balaban J connectivity index is 2.92. The van der Waals surface area contributed by atoms with Gasteiger partial charge in [-0.25, -0.2) is 0 Å². The number of hydrazine groups is 1. The summed E-state index contributed by atoms with van der Waals surface area (Å²) in [7, 11) is 0. The fourth-order valence-electron chi connectivity index (χ4n) is 1.52. The van der Waals surface area contributed by atoms with Crippen LogP contribution in [0.1, 0.15) is 5.56 Å². The first-order valence-corrected chi connectivity index (χ1v) is 4.62. The van der Waals surface area contributed by atoms with E-state index in [0.717, 1.165) is 22.2 Å². The summed E-state index contributed by atoms with van der Waals surface area (Å²) in [5.74, 6) is 5.41. The van der Waals surface area contributed by atoms with E-state index in [1.54, 1.807) is 6.20 Å². The molecule has 3 N–H and O–H groups in total. The summed E-state index contributed by atoms with van der Waals surface area (Å²) in [6.45, 7) is 2.00. The van der Waals surface area contributed by atoms with Crippen molar-refractivity contribution in [3.63, 3.8) is 0 Å². The number of hydrogen-bond acceptors (Lipinski definition) is 3. The zero-order chi connectivity index (χ0) is 10.1. The molecule has 1 aromatic heterocycles. The third-order valence-electron chi connectivity index (χ3n) is 2.21. The van der Waals surface area contributed by atoms with E-state index in [-0.39, 0.29) is 0 Å². The summed E-state index contributed by atoms with van der Waals surface area (Å²) < 4.78 is 0. The molecule has 0 amide bonds. The number of aromatic nitrogens is 1. The van der Waals surface area contributed by atoms with Crippen molar-refractivity contribution in [3.8, 4) is 0 Å². The summed E-state index contributed by atoms with van der Waals surface area (Å²) in [5.41, 5.74) is 5.36. The standard InChI is InChI=1S/C10H10ClN3/c1-6-2-3-7(11)10-9(6)8(14-12)4-5-13-10/h2-5H,12H2,1H3,(H,13,14). The van der Waals surface area contributed by atoms with Crippen molar-refractivity contribution >= 4 is 28.2 Å². The molecule has 0 bridgehead atoms. The Morgan fingerprint density at radius 2 is 2.14 bits per heavy atom. The minimum absolute atomic E-state index is 0.641. The van der Waals surface area contributed by atoms with Crippen molar-refractivity contribution < 1.29 is 0 Å². The van der Waals surface area contributed by atoms with Crippen LogP contribution in [0.4, 0.5) is 5.69 Å². The number of halogens is 1. The largest absolute Gasteiger partial charge is 0.323 e. The first-order valence-electron chi connectivity index (χ1n) is 4.24. The molecule has 0 fully saturated rings. The fraction of sp³-hybridized carbons (Fsp3) is 0.100. The molecule has 1 heterocycles. The average Bonchev–Trinajstić information content (AvgIpc) is 2.23. The summed E-state index contributed by atoms with van der Waals surface area (Å²) in [6, 6.07) is 5.62. The van der Waals surface area contributed by atoms with Crippen molar-refractivity contribution in [1.29, 1.82) is 0 Å². The van der Waals surface area contributed by atoms with E-state index in [1.807, 2.05) is 25.1 Å². The Morgan fingerprint density at radius 1 is 1.36 bits per heavy atom. The molecule has 0 aliphatic carbocycles. The van der Waals surface area contributed by atoms with E-state index in [4.69, 9.17) is 17.4 Å². The van der Waals surface area contributed by atoms with Gasteiger partial charge in [-0.05, 0) is 24.6 Å². The van der Waals surface area contributed by atoms with Crippen LogP contribution in [0.2, 0.25) is 5.02 Å². The Kier molecular flexibility index (Phi) is 2.27. The molecule has 0 aliphatic rings. The van der Waals surface area contributed by atoms with Crippen molar-refractivity contribution in [2.24, 2.45) is 5.84 Å². The second-order valence-electron chi connectivity index (χ2n) is 3.09. The summed E-state index contributed by atoms with van der Waals surface area (Å²) in [4.78, 5) is 4.22. The van der Waals surface area contributed by atoms with Gasteiger partial charge in [0.15, 0.2) is 0 Å². The van der Waals surface area contributed by atoms with Gasteiger partial charge < -0.3 is 5.43 Å². The quantitative estimate of drug-likeness (QED) is 0.558. The molecule has 3 nitrogen and oxygen atoms in total. The van der Waals surface area contributed by atoms with Gasteiger partial charge in [0.25, 0.3) is 0 Å². The van der Waals surface area contributed by atoms with Crippen LogP contribution in [0.15, 0.2) is 24.4 Å². The number of anilines is 1. The summed E-state index contributed by atoms with van der Waals surface area (Å²) >= 11 is 6.03. The van der Waals surface area contributed by atoms with Crippen molar-refractivity contribution in [2.45, 2.75) is 6.92 Å². The van der Waals surface area contributed by atoms with Gasteiger partial charge in [-0.3, -0.25) is 10.8 Å². The minimum atomic E-state index is 0.641. The number of fused-ring (bicyclic) bond motifs is 1. The van der Waals surface area contributed by atoms with Gasteiger partial charge in [0.05, 0.1) is 16.2 Å². The molecule has 4 heteroatoms. The maximum atomic E-state index is 6.03. The van der Waals surface area contributed by atoms with Crippen LogP contribution >= 0.6 is 11.6 Å². The molecule has 0 radical (unpaired) electrons. The Hall–Kier alpha value is -1.32. The lowest BCUT2D eigenvalue weighted by Crippen LogP contribution is -2.07. The number of rotatable bonds is 1. The van der Waals surface area contributed by atoms with Crippen LogP contribution in [0.5, 0.6) is 0 Å². The highest BCUT2D eigenvalue weighted by molar-refractivity contribution is 6.35. The topological polar surface area (TPSA) is 50.9 Å². The molecule has 1 aromatic carbocycles. The monoisotopic (exact) mass is 207 g/mol. The molecule has 0 spiro atoms. The lowest BCUT2D eigenvalue weighted by atomic mass is 10.1. The summed E-state index contributed by atoms with van der Waals surface area (Å²) in [5, 5.41) is 1.62. The van der Waals surface area contributed by atoms with E-state index in [1.165, 1.54) is 0 Å². The van der Waals surface area contributed by atoms with Crippen molar-refractivity contribution in [1.82, 2.24) is 4.98 Å². The number of nitrogens with one attached hydrogen (secondary N) is 1. The number of pyridine rings is 1. The zero-order valence-electron chi connectivity index (χ0n) is 7.71. The lowest BCUT2D eigenvalue weighted by Gasteiger charge is -2.08. The molecule has 0 unspecified atom stereocenters. The minimum Gasteiger partial charge on any atom is -0.323 e. The molecule has 0 atom stereocenters. The van der Waals surface area contributed by atoms with Gasteiger partial charge in [-0.15, -0.1) is 0 Å². The normalized spacial score (nSPS) is 10.5. The second-order valence-corrected chi connectivity index (χ2v) is 3.50. The Morgan fingerprint density at radius 3 is 2.86 bits per heavy atom. The van der Waals surface area contributed by atoms with Gasteiger partial charge in [-0.1, -0.05) is 17.7 Å². The number of nitrogens with two attached hydrogens (primary N) is 1. The number of benzene rings is 1. The van der Waals surface area contributed by atoms with Crippen LogP contribution < -0.4 is 11.3 Å². The molecule has 14 heavy (non-hydrogen) atoms. The maximum absolute atomic E-state index is 6.03. The van der Waals surface area contributed by atoms with Crippen molar-refractivity contribution in [2.75, 3.05) is 5.43 Å². The predicted octanol–water partition coefficient (Wildman–Crippen LogP) is 2.48. The highest BCUT2D eigenvalue weighted by Crippen LogP contribution is 2.29. The number of hydrogen-bond donors (Lipinski definition) is 2. The first kappa shape index (κ1) is 9.24. The number of aryl methyl sites for hydroxylation is 1. The van der Waals surface area contributed by atoms with E-state index in [9.17, 15) is 0 Å². The highest BCUT2D eigenvalue weighted by atomic mass is 35.5. The Bertz CT molecular complexity index is 482. The third-order valence-corrected chi connectivity index (χ3v) is 2.51. The third kappa shape index (κ3) is 1.31. The van der Waals surface area contributed by atoms with Crippen LogP contribution in [-0.2, 0) is 0 Å². The van der Waals surface area contributed by atoms with Gasteiger partial charge in [0.1, 0.15) is 0 Å². The molecule has 0 aliphatic heterocycles. The lowest BCUT2D eigenvalue weighted by molar-refractivity contribution is 1.32. The predicted molar refractivity (Wildman–Crippen MR) is 59.3 cm³/mol. The van der Waals surface area contributed by atoms with Crippen LogP contribution in [0.3, 0.4) is 0 Å². The van der Waals surface area contributed by atoms with E-state index >= 15 is 0 Å². The molecular formula is C10H10ClN3. The highest BCUT2D eigenvalue weighted by Gasteiger charge is 2.06. The van der Waals surface area contributed by atoms with Gasteiger partial charge in [0, 0.05) is 11.6 Å². The fourth-order valence-corrected chi connectivity index (χ4v) is 1.73. The molecule has 2 aromatic rings. The van der Waals surface area contributed by atoms with Crippen molar-refractivity contribution in [3.05, 3.63) is 35.0 Å². The zero-order valence-corrected chi connectivity index (χ0v) is 8.47. The summed E-state index contributed by atoms with van der Waals surface area (Å²) in [6.07, 6.45) is 1.68. The number of nitrogens with zero attached hydrogens (tertiary/aromatic N) is 1. The SMILES string of the molecule is Cc1ccc(Cl)c2nccc(NN)c12. The molecular weight excluding hydrogens is 198 g/mol. The van der Waals surface area contributed by atoms with Gasteiger partial charge in [0.2, 0.25) is 0 Å². The molecule has 72 valence electrons. The second kappa shape index (κ2) is 3.44. The number of nitrogen functional groups attached to an aromatic ring is 1. The maximum Gasteiger partial charge on any atom is 0.0912 e. The van der Waals surface area contributed by atoms with Gasteiger partial charge >= 0.3 is 0 Å². The first-order chi connectivity index (χ1) is 6.74. The van der Waals surface area contributed by atoms with Crippen LogP contribution in [0, 0.1) is 6.92 Å². The average molecular weight is 208 g/mol. The van der Waals surface area contributed by atoms with E-state index in [0.29, 0.717) is 5.02 Å². The Labute approximate surface area is 86.9 Å². The molecule has 0 saturated carbocycles. The van der Waals surface area contributed by atoms with Crippen LogP contribution in [0.25, 0.3) is 10.9 Å². The van der Waals surface area contributed by atoms with E-state index < -0.39 is 0 Å². The molecule has 2 rings (SSSR count). The molecule has 0 saturated heterocycles. The van der Waals surface area contributed by atoms with Crippen LogP contribution in [-0.4, -0.2) is 4.98 Å². The van der Waals surface area contributed by atoms with Gasteiger partial charge in [-0.2, -0.15) is 0 Å². The smallest absolute Gasteiger partial charge is 0.0912 e.